The minimum absolute atomic E-state index is 0.327. The van der Waals surface area contributed by atoms with E-state index in [-0.39, 0.29) is 0 Å². The van der Waals surface area contributed by atoms with E-state index in [9.17, 15) is 5.11 Å². The lowest BCUT2D eigenvalue weighted by Crippen LogP contribution is -2.16. The molecular formula is C17H26O4. The van der Waals surface area contributed by atoms with Gasteiger partial charge in [0.05, 0.1) is 6.61 Å². The molecule has 1 heterocycles. The SMILES string of the molecule is CCCCCCCOCC(O)c1ccc2c(c1)OCCO2. The fourth-order valence-electron chi connectivity index (χ4n) is 2.37. The van der Waals surface area contributed by atoms with Crippen LogP contribution in [0.15, 0.2) is 18.2 Å². The third-order valence-corrected chi connectivity index (χ3v) is 3.62. The Morgan fingerprint density at radius 3 is 2.67 bits per heavy atom. The van der Waals surface area contributed by atoms with Crippen molar-refractivity contribution in [3.05, 3.63) is 23.8 Å². The molecule has 118 valence electrons. The second kappa shape index (κ2) is 8.90. The van der Waals surface area contributed by atoms with Gasteiger partial charge in [-0.15, -0.1) is 0 Å². The first-order valence-corrected chi connectivity index (χ1v) is 7.96. The van der Waals surface area contributed by atoms with Crippen LogP contribution >= 0.6 is 0 Å². The van der Waals surface area contributed by atoms with Crippen LogP contribution in [0.5, 0.6) is 11.5 Å². The first-order valence-electron chi connectivity index (χ1n) is 7.96. The summed E-state index contributed by atoms with van der Waals surface area (Å²) in [5, 5.41) is 10.1. The zero-order chi connectivity index (χ0) is 14.9. The van der Waals surface area contributed by atoms with E-state index in [1.165, 1.54) is 25.7 Å². The van der Waals surface area contributed by atoms with Crippen LogP contribution in [0, 0.1) is 0 Å². The maximum atomic E-state index is 10.1. The molecule has 1 N–H and O–H groups in total. The second-order valence-corrected chi connectivity index (χ2v) is 5.41. The molecule has 1 aliphatic heterocycles. The Hall–Kier alpha value is -1.26. The van der Waals surface area contributed by atoms with E-state index >= 15 is 0 Å². The van der Waals surface area contributed by atoms with Crippen LogP contribution in [0.25, 0.3) is 0 Å². The Morgan fingerprint density at radius 2 is 1.86 bits per heavy atom. The predicted molar refractivity (Wildman–Crippen MR) is 82.0 cm³/mol. The van der Waals surface area contributed by atoms with Crippen molar-refractivity contribution in [1.29, 1.82) is 0 Å². The van der Waals surface area contributed by atoms with Crippen molar-refractivity contribution in [3.8, 4) is 11.5 Å². The topological polar surface area (TPSA) is 47.9 Å². The number of ether oxygens (including phenoxy) is 3. The quantitative estimate of drug-likeness (QED) is 0.708. The molecule has 0 spiro atoms. The molecule has 1 aliphatic rings. The van der Waals surface area contributed by atoms with Crippen molar-refractivity contribution in [2.24, 2.45) is 0 Å². The molecule has 1 aromatic carbocycles. The maximum absolute atomic E-state index is 10.1. The summed E-state index contributed by atoms with van der Waals surface area (Å²) in [4.78, 5) is 0. The van der Waals surface area contributed by atoms with Gasteiger partial charge in [0.2, 0.25) is 0 Å². The second-order valence-electron chi connectivity index (χ2n) is 5.41. The van der Waals surface area contributed by atoms with Crippen molar-refractivity contribution in [2.75, 3.05) is 26.4 Å². The van der Waals surface area contributed by atoms with Crippen molar-refractivity contribution in [2.45, 2.75) is 45.1 Å². The summed E-state index contributed by atoms with van der Waals surface area (Å²) in [5.41, 5.74) is 0.810. The first-order chi connectivity index (χ1) is 10.3. The van der Waals surface area contributed by atoms with Crippen molar-refractivity contribution in [3.63, 3.8) is 0 Å². The molecule has 4 heteroatoms. The van der Waals surface area contributed by atoms with Gasteiger partial charge in [-0.3, -0.25) is 0 Å². The van der Waals surface area contributed by atoms with Crippen LogP contribution in [0.1, 0.15) is 50.7 Å². The predicted octanol–water partition coefficient (Wildman–Crippen LogP) is 3.48. The highest BCUT2D eigenvalue weighted by molar-refractivity contribution is 5.44. The maximum Gasteiger partial charge on any atom is 0.161 e. The Labute approximate surface area is 127 Å². The summed E-state index contributed by atoms with van der Waals surface area (Å²) < 4.78 is 16.5. The van der Waals surface area contributed by atoms with Crippen LogP contribution < -0.4 is 9.47 Å². The van der Waals surface area contributed by atoms with Gasteiger partial charge >= 0.3 is 0 Å². The van der Waals surface area contributed by atoms with Gasteiger partial charge in [0.25, 0.3) is 0 Å². The lowest BCUT2D eigenvalue weighted by molar-refractivity contribution is 0.0341. The fourth-order valence-corrected chi connectivity index (χ4v) is 2.37. The van der Waals surface area contributed by atoms with Crippen LogP contribution in [0.4, 0.5) is 0 Å². The highest BCUT2D eigenvalue weighted by Gasteiger charge is 2.15. The molecule has 0 saturated carbocycles. The van der Waals surface area contributed by atoms with E-state index in [0.29, 0.717) is 32.2 Å². The number of unbranched alkanes of at least 4 members (excludes halogenated alkanes) is 4. The fraction of sp³-hybridized carbons (Fsp3) is 0.647. The number of rotatable bonds is 9. The standard InChI is InChI=1S/C17H26O4/c1-2-3-4-5-6-9-19-13-15(18)14-7-8-16-17(12-14)21-11-10-20-16/h7-8,12,15,18H,2-6,9-11,13H2,1H3. The molecule has 0 bridgehead atoms. The minimum atomic E-state index is -0.614. The summed E-state index contributed by atoms with van der Waals surface area (Å²) in [7, 11) is 0. The molecule has 0 saturated heterocycles. The lowest BCUT2D eigenvalue weighted by Gasteiger charge is -2.20. The van der Waals surface area contributed by atoms with Gasteiger partial charge in [0.15, 0.2) is 11.5 Å². The third kappa shape index (κ3) is 5.21. The van der Waals surface area contributed by atoms with Crippen LogP contribution in [0.3, 0.4) is 0 Å². The molecule has 0 radical (unpaired) electrons. The molecule has 1 unspecified atom stereocenters. The van der Waals surface area contributed by atoms with Crippen molar-refractivity contribution < 1.29 is 19.3 Å². The van der Waals surface area contributed by atoms with Crippen LogP contribution in [-0.4, -0.2) is 31.5 Å². The number of fused-ring (bicyclic) bond motifs is 1. The number of aliphatic hydroxyl groups excluding tert-OH is 1. The van der Waals surface area contributed by atoms with E-state index in [1.807, 2.05) is 18.2 Å². The van der Waals surface area contributed by atoms with E-state index in [2.05, 4.69) is 6.92 Å². The smallest absolute Gasteiger partial charge is 0.161 e. The molecule has 21 heavy (non-hydrogen) atoms. The van der Waals surface area contributed by atoms with Gasteiger partial charge < -0.3 is 19.3 Å². The van der Waals surface area contributed by atoms with Crippen LogP contribution in [0.2, 0.25) is 0 Å². The summed E-state index contributed by atoms with van der Waals surface area (Å²) in [5.74, 6) is 1.45. The lowest BCUT2D eigenvalue weighted by atomic mass is 10.1. The van der Waals surface area contributed by atoms with Crippen molar-refractivity contribution in [1.82, 2.24) is 0 Å². The molecule has 0 amide bonds. The molecule has 0 aromatic heterocycles. The minimum Gasteiger partial charge on any atom is -0.486 e. The van der Waals surface area contributed by atoms with E-state index < -0.39 is 6.10 Å². The first kappa shape index (κ1) is 16.1. The Balaban J connectivity index is 1.69. The summed E-state index contributed by atoms with van der Waals surface area (Å²) in [6.07, 6.45) is 5.46. The normalized spacial score (nSPS) is 15.0. The molecule has 0 fully saturated rings. The Morgan fingerprint density at radius 1 is 1.10 bits per heavy atom. The Bertz CT molecular complexity index is 419. The van der Waals surface area contributed by atoms with Gasteiger partial charge in [-0.1, -0.05) is 38.7 Å². The molecule has 1 atom stereocenters. The number of hydrogen-bond acceptors (Lipinski definition) is 4. The third-order valence-electron chi connectivity index (χ3n) is 3.62. The van der Waals surface area contributed by atoms with Gasteiger partial charge in [-0.05, 0) is 24.1 Å². The molecule has 4 nitrogen and oxygen atoms in total. The van der Waals surface area contributed by atoms with Gasteiger partial charge in [0, 0.05) is 6.61 Å². The summed E-state index contributed by atoms with van der Waals surface area (Å²) >= 11 is 0. The van der Waals surface area contributed by atoms with E-state index in [1.54, 1.807) is 0 Å². The van der Waals surface area contributed by atoms with Gasteiger partial charge in [-0.25, -0.2) is 0 Å². The summed E-state index contributed by atoms with van der Waals surface area (Å²) in [6.45, 7) is 4.38. The average molecular weight is 294 g/mol. The summed E-state index contributed by atoms with van der Waals surface area (Å²) in [6, 6.07) is 5.55. The van der Waals surface area contributed by atoms with E-state index in [4.69, 9.17) is 14.2 Å². The van der Waals surface area contributed by atoms with Gasteiger partial charge in [-0.2, -0.15) is 0 Å². The average Bonchev–Trinajstić information content (AvgIpc) is 2.53. The van der Waals surface area contributed by atoms with Gasteiger partial charge in [0.1, 0.15) is 19.3 Å². The molecule has 1 aromatic rings. The zero-order valence-corrected chi connectivity index (χ0v) is 12.8. The largest absolute Gasteiger partial charge is 0.486 e. The highest BCUT2D eigenvalue weighted by atomic mass is 16.6. The number of aliphatic hydroxyl groups is 1. The van der Waals surface area contributed by atoms with Crippen molar-refractivity contribution >= 4 is 0 Å². The molecular weight excluding hydrogens is 268 g/mol. The number of hydrogen-bond donors (Lipinski definition) is 1. The highest BCUT2D eigenvalue weighted by Crippen LogP contribution is 2.32. The molecule has 0 aliphatic carbocycles. The van der Waals surface area contributed by atoms with Crippen LogP contribution in [-0.2, 0) is 4.74 Å². The Kier molecular flexibility index (Phi) is 6.83. The zero-order valence-electron chi connectivity index (χ0n) is 12.8. The molecule has 2 rings (SSSR count). The number of benzene rings is 1. The van der Waals surface area contributed by atoms with E-state index in [0.717, 1.165) is 17.7 Å². The monoisotopic (exact) mass is 294 g/mol.